The van der Waals surface area contributed by atoms with Crippen molar-refractivity contribution < 1.29 is 9.90 Å². The Morgan fingerprint density at radius 3 is 2.33 bits per heavy atom. The first-order chi connectivity index (χ1) is 4.09. The molecule has 0 aliphatic carbocycles. The van der Waals surface area contributed by atoms with Crippen molar-refractivity contribution in [3.63, 3.8) is 0 Å². The number of nitrogens with two attached hydrogens (primary N) is 1. The van der Waals surface area contributed by atoms with Crippen molar-refractivity contribution >= 4 is 16.9 Å². The molecule has 0 saturated heterocycles. The van der Waals surface area contributed by atoms with E-state index in [0.29, 0.717) is 0 Å². The van der Waals surface area contributed by atoms with E-state index in [9.17, 15) is 4.79 Å². The fourth-order valence-electron chi connectivity index (χ4n) is 0.333. The number of carbonyl (C=O) groups excluding carboxylic acids is 1. The minimum Gasteiger partial charge on any atom is -0.391 e. The third kappa shape index (κ3) is 2.84. The lowest BCUT2D eigenvalue weighted by molar-refractivity contribution is -0.113. The van der Waals surface area contributed by atoms with Crippen molar-refractivity contribution in [3.05, 3.63) is 0 Å². The number of aliphatic hydroxyl groups excluding tert-OH is 1. The average Bonchev–Trinajstić information content (AvgIpc) is 1.84. The zero-order valence-corrected chi connectivity index (χ0v) is 6.31. The largest absolute Gasteiger partial charge is 0.391 e. The van der Waals surface area contributed by atoms with Crippen LogP contribution in [0.3, 0.4) is 0 Å². The Morgan fingerprint density at radius 2 is 2.22 bits per heavy atom. The Labute approximate surface area is 58.6 Å². The maximum atomic E-state index is 10.6. The second-order valence-electron chi connectivity index (χ2n) is 1.79. The molecule has 0 spiro atoms. The molecule has 3 N–H and O–H groups in total. The summed E-state index contributed by atoms with van der Waals surface area (Å²) in [6.45, 7) is 1.50. The van der Waals surface area contributed by atoms with E-state index in [1.165, 1.54) is 6.92 Å². The van der Waals surface area contributed by atoms with Crippen LogP contribution in [0.1, 0.15) is 6.92 Å². The van der Waals surface area contributed by atoms with Gasteiger partial charge in [-0.1, -0.05) is 11.8 Å². The van der Waals surface area contributed by atoms with Crippen LogP contribution in [0.15, 0.2) is 0 Å². The highest BCUT2D eigenvalue weighted by Crippen LogP contribution is 2.01. The molecule has 0 aliphatic rings. The second-order valence-corrected chi connectivity index (χ2v) is 2.60. The Balaban J connectivity index is 3.72. The van der Waals surface area contributed by atoms with Gasteiger partial charge >= 0.3 is 0 Å². The van der Waals surface area contributed by atoms with Gasteiger partial charge in [0.1, 0.15) is 6.04 Å². The molecule has 54 valence electrons. The molecule has 0 aromatic carbocycles. The number of hydrogen-bond acceptors (Lipinski definition) is 4. The summed E-state index contributed by atoms with van der Waals surface area (Å²) in [5, 5.41) is 8.59. The molecule has 0 rings (SSSR count). The molecular weight excluding hydrogens is 138 g/mol. The van der Waals surface area contributed by atoms with Crippen molar-refractivity contribution in [1.29, 1.82) is 0 Å². The van der Waals surface area contributed by atoms with Gasteiger partial charge in [-0.15, -0.1) is 0 Å². The molecule has 0 aromatic heterocycles. The summed E-state index contributed by atoms with van der Waals surface area (Å²) in [7, 11) is 0. The first-order valence-corrected chi connectivity index (χ1v) is 3.83. The lowest BCUT2D eigenvalue weighted by Gasteiger charge is -2.10. The van der Waals surface area contributed by atoms with Gasteiger partial charge in [0.25, 0.3) is 0 Å². The zero-order chi connectivity index (χ0) is 7.44. The molecule has 0 radical (unpaired) electrons. The molecule has 4 heteroatoms. The minimum atomic E-state index is -0.745. The van der Waals surface area contributed by atoms with Gasteiger partial charge in [-0.3, -0.25) is 4.79 Å². The summed E-state index contributed by atoms with van der Waals surface area (Å²) in [5.41, 5.74) is 5.25. The molecule has 0 unspecified atom stereocenters. The van der Waals surface area contributed by atoms with Crippen LogP contribution in [-0.2, 0) is 4.79 Å². The van der Waals surface area contributed by atoms with Crippen molar-refractivity contribution in [2.45, 2.75) is 19.1 Å². The predicted molar refractivity (Wildman–Crippen MR) is 38.2 cm³/mol. The monoisotopic (exact) mass is 149 g/mol. The maximum Gasteiger partial charge on any atom is 0.208 e. The molecule has 0 bridgehead atoms. The summed E-state index contributed by atoms with van der Waals surface area (Å²) in [4.78, 5) is 10.6. The standard InChI is InChI=1S/C5H11NO2S/c1-3(7)4(6)5(8)9-2/h3-4,7H,6H2,1-2H3/t3-,4+/m0/s1. The summed E-state index contributed by atoms with van der Waals surface area (Å²) >= 11 is 1.04. The van der Waals surface area contributed by atoms with Crippen LogP contribution < -0.4 is 5.73 Å². The third-order valence-corrected chi connectivity index (χ3v) is 1.67. The molecule has 0 saturated carbocycles. The molecule has 0 fully saturated rings. The maximum absolute atomic E-state index is 10.6. The quantitative estimate of drug-likeness (QED) is 0.560. The highest BCUT2D eigenvalue weighted by atomic mass is 32.2. The summed E-state index contributed by atoms with van der Waals surface area (Å²) in [5.74, 6) is 0. The van der Waals surface area contributed by atoms with E-state index >= 15 is 0 Å². The van der Waals surface area contributed by atoms with Crippen molar-refractivity contribution in [2.24, 2.45) is 5.73 Å². The number of hydrogen-bond donors (Lipinski definition) is 2. The number of rotatable bonds is 2. The van der Waals surface area contributed by atoms with E-state index in [1.807, 2.05) is 0 Å². The van der Waals surface area contributed by atoms with Gasteiger partial charge in [-0.05, 0) is 13.2 Å². The molecule has 0 amide bonds. The Bertz CT molecular complexity index is 105. The first-order valence-electron chi connectivity index (χ1n) is 2.61. The van der Waals surface area contributed by atoms with E-state index in [4.69, 9.17) is 10.8 Å². The van der Waals surface area contributed by atoms with E-state index < -0.39 is 12.1 Å². The lowest BCUT2D eigenvalue weighted by Crippen LogP contribution is -2.38. The molecule has 0 aromatic rings. The van der Waals surface area contributed by atoms with Crippen LogP contribution in [0.4, 0.5) is 0 Å². The Kier molecular flexibility index (Phi) is 3.84. The highest BCUT2D eigenvalue weighted by molar-refractivity contribution is 8.13. The molecule has 0 aliphatic heterocycles. The highest BCUT2D eigenvalue weighted by Gasteiger charge is 2.16. The molecular formula is C5H11NO2S. The van der Waals surface area contributed by atoms with Gasteiger partial charge in [-0.25, -0.2) is 0 Å². The van der Waals surface area contributed by atoms with Gasteiger partial charge in [0, 0.05) is 0 Å². The first kappa shape index (κ1) is 8.94. The molecule has 3 nitrogen and oxygen atoms in total. The second kappa shape index (κ2) is 3.87. The number of thioether (sulfide) groups is 1. The van der Waals surface area contributed by atoms with E-state index in [1.54, 1.807) is 6.26 Å². The van der Waals surface area contributed by atoms with E-state index in [2.05, 4.69) is 0 Å². The van der Waals surface area contributed by atoms with Gasteiger partial charge in [-0.2, -0.15) is 0 Å². The van der Waals surface area contributed by atoms with Gasteiger partial charge in [0.2, 0.25) is 5.12 Å². The average molecular weight is 149 g/mol. The van der Waals surface area contributed by atoms with E-state index in [0.717, 1.165) is 11.8 Å². The number of carbonyl (C=O) groups is 1. The Morgan fingerprint density at radius 1 is 1.78 bits per heavy atom. The van der Waals surface area contributed by atoms with Gasteiger partial charge in [0.05, 0.1) is 6.10 Å². The van der Waals surface area contributed by atoms with Crippen LogP contribution in [0.2, 0.25) is 0 Å². The molecule has 9 heavy (non-hydrogen) atoms. The van der Waals surface area contributed by atoms with Crippen molar-refractivity contribution in [2.75, 3.05) is 6.26 Å². The van der Waals surface area contributed by atoms with Crippen LogP contribution >= 0.6 is 11.8 Å². The fourth-order valence-corrected chi connectivity index (χ4v) is 0.802. The van der Waals surface area contributed by atoms with Crippen molar-refractivity contribution in [1.82, 2.24) is 0 Å². The van der Waals surface area contributed by atoms with E-state index in [-0.39, 0.29) is 5.12 Å². The lowest BCUT2D eigenvalue weighted by atomic mass is 10.2. The predicted octanol–water partition coefficient (Wildman–Crippen LogP) is -0.416. The van der Waals surface area contributed by atoms with Gasteiger partial charge < -0.3 is 10.8 Å². The van der Waals surface area contributed by atoms with Crippen LogP contribution in [0.5, 0.6) is 0 Å². The Hall–Kier alpha value is -0.0600. The van der Waals surface area contributed by atoms with Crippen LogP contribution in [0.25, 0.3) is 0 Å². The number of aliphatic hydroxyl groups is 1. The summed E-state index contributed by atoms with van der Waals surface area (Å²) < 4.78 is 0. The van der Waals surface area contributed by atoms with Crippen molar-refractivity contribution in [3.8, 4) is 0 Å². The smallest absolute Gasteiger partial charge is 0.208 e. The normalized spacial score (nSPS) is 16.9. The fraction of sp³-hybridized carbons (Fsp3) is 0.800. The minimum absolute atomic E-state index is 0.176. The summed E-state index contributed by atoms with van der Waals surface area (Å²) in [6.07, 6.45) is 0.898. The summed E-state index contributed by atoms with van der Waals surface area (Å²) in [6, 6.07) is -0.736. The topological polar surface area (TPSA) is 63.3 Å². The molecule has 0 heterocycles. The SMILES string of the molecule is CSC(=O)[C@H](N)[C@H](C)O. The van der Waals surface area contributed by atoms with Crippen LogP contribution in [0, 0.1) is 0 Å². The third-order valence-electron chi connectivity index (χ3n) is 0.993. The zero-order valence-electron chi connectivity index (χ0n) is 5.50. The van der Waals surface area contributed by atoms with Crippen LogP contribution in [-0.4, -0.2) is 28.6 Å². The molecule has 2 atom stereocenters. The van der Waals surface area contributed by atoms with Gasteiger partial charge in [0.15, 0.2) is 0 Å².